The number of anilines is 2. The first-order valence-corrected chi connectivity index (χ1v) is 6.89. The zero-order valence-electron chi connectivity index (χ0n) is 11.9. The minimum Gasteiger partial charge on any atom is -0.494 e. The summed E-state index contributed by atoms with van der Waals surface area (Å²) in [6, 6.07) is 3.36. The standard InChI is InChI=1S/C15H23FN2O/c1-9-4-10(2)6-11(5-9)18-14-8-15(19-3)12(16)7-13(14)17/h7-11,18H,4-6,17H2,1-3H3. The third-order valence-electron chi connectivity index (χ3n) is 3.86. The average molecular weight is 266 g/mol. The fourth-order valence-corrected chi connectivity index (χ4v) is 3.13. The van der Waals surface area contributed by atoms with Crippen molar-refractivity contribution in [1.82, 2.24) is 0 Å². The number of methoxy groups -OCH3 is 1. The van der Waals surface area contributed by atoms with E-state index in [0.717, 1.165) is 18.5 Å². The fourth-order valence-electron chi connectivity index (χ4n) is 3.13. The molecule has 0 spiro atoms. The lowest BCUT2D eigenvalue weighted by molar-refractivity contribution is 0.281. The number of halogens is 1. The summed E-state index contributed by atoms with van der Waals surface area (Å²) in [5.41, 5.74) is 7.08. The number of benzene rings is 1. The fraction of sp³-hybridized carbons (Fsp3) is 0.600. The van der Waals surface area contributed by atoms with Crippen molar-refractivity contribution >= 4 is 11.4 Å². The van der Waals surface area contributed by atoms with Gasteiger partial charge < -0.3 is 15.8 Å². The summed E-state index contributed by atoms with van der Waals surface area (Å²) in [6.07, 6.45) is 3.54. The van der Waals surface area contributed by atoms with Crippen LogP contribution in [-0.4, -0.2) is 13.2 Å². The van der Waals surface area contributed by atoms with E-state index in [1.54, 1.807) is 6.07 Å². The van der Waals surface area contributed by atoms with E-state index in [9.17, 15) is 4.39 Å². The lowest BCUT2D eigenvalue weighted by atomic mass is 9.80. The van der Waals surface area contributed by atoms with Gasteiger partial charge in [-0.3, -0.25) is 0 Å². The largest absolute Gasteiger partial charge is 0.494 e. The van der Waals surface area contributed by atoms with Crippen LogP contribution in [0.3, 0.4) is 0 Å². The predicted molar refractivity (Wildman–Crippen MR) is 77.0 cm³/mol. The first-order chi connectivity index (χ1) is 8.99. The molecule has 1 aliphatic rings. The van der Waals surface area contributed by atoms with E-state index in [4.69, 9.17) is 10.5 Å². The minimum atomic E-state index is -0.420. The van der Waals surface area contributed by atoms with Gasteiger partial charge in [-0.2, -0.15) is 0 Å². The van der Waals surface area contributed by atoms with Crippen LogP contribution in [0.2, 0.25) is 0 Å². The van der Waals surface area contributed by atoms with E-state index in [1.807, 2.05) is 0 Å². The number of nitrogens with one attached hydrogen (secondary N) is 1. The monoisotopic (exact) mass is 266 g/mol. The highest BCUT2D eigenvalue weighted by Crippen LogP contribution is 2.33. The lowest BCUT2D eigenvalue weighted by Crippen LogP contribution is -2.30. The Labute approximate surface area is 114 Å². The smallest absolute Gasteiger partial charge is 0.167 e. The topological polar surface area (TPSA) is 47.3 Å². The highest BCUT2D eigenvalue weighted by atomic mass is 19.1. The van der Waals surface area contributed by atoms with Crippen molar-refractivity contribution in [2.45, 2.75) is 39.2 Å². The van der Waals surface area contributed by atoms with Gasteiger partial charge in [-0.15, -0.1) is 0 Å². The molecule has 0 saturated heterocycles. The van der Waals surface area contributed by atoms with Crippen molar-refractivity contribution in [3.05, 3.63) is 17.9 Å². The molecule has 0 aliphatic heterocycles. The van der Waals surface area contributed by atoms with Gasteiger partial charge in [-0.25, -0.2) is 4.39 Å². The molecule has 1 saturated carbocycles. The Hall–Kier alpha value is -1.45. The Morgan fingerprint density at radius 1 is 1.21 bits per heavy atom. The van der Waals surface area contributed by atoms with E-state index in [1.165, 1.54) is 19.6 Å². The Bertz CT molecular complexity index is 440. The summed E-state index contributed by atoms with van der Waals surface area (Å²) in [5, 5.41) is 3.44. The predicted octanol–water partition coefficient (Wildman–Crippen LogP) is 3.65. The maximum Gasteiger partial charge on any atom is 0.167 e. The molecule has 0 heterocycles. The molecular formula is C15H23FN2O. The van der Waals surface area contributed by atoms with Crippen LogP contribution in [0.15, 0.2) is 12.1 Å². The molecule has 2 unspecified atom stereocenters. The van der Waals surface area contributed by atoms with Crippen molar-refractivity contribution in [1.29, 1.82) is 0 Å². The van der Waals surface area contributed by atoms with Gasteiger partial charge in [-0.05, 0) is 31.1 Å². The summed E-state index contributed by atoms with van der Waals surface area (Å²) in [7, 11) is 1.46. The van der Waals surface area contributed by atoms with Gasteiger partial charge >= 0.3 is 0 Å². The van der Waals surface area contributed by atoms with Crippen LogP contribution in [0.1, 0.15) is 33.1 Å². The van der Waals surface area contributed by atoms with E-state index in [-0.39, 0.29) is 5.75 Å². The minimum absolute atomic E-state index is 0.230. The molecule has 2 rings (SSSR count). The Morgan fingerprint density at radius 2 is 1.84 bits per heavy atom. The molecule has 0 aromatic heterocycles. The first kappa shape index (κ1) is 14.0. The van der Waals surface area contributed by atoms with Crippen LogP contribution in [-0.2, 0) is 0 Å². The van der Waals surface area contributed by atoms with Crippen LogP contribution in [0.25, 0.3) is 0 Å². The number of rotatable bonds is 3. The zero-order chi connectivity index (χ0) is 14.0. The molecular weight excluding hydrogens is 243 g/mol. The van der Waals surface area contributed by atoms with Crippen molar-refractivity contribution in [2.75, 3.05) is 18.2 Å². The van der Waals surface area contributed by atoms with Gasteiger partial charge in [0.15, 0.2) is 11.6 Å². The summed E-state index contributed by atoms with van der Waals surface area (Å²) < 4.78 is 18.5. The van der Waals surface area contributed by atoms with Crippen LogP contribution in [0.4, 0.5) is 15.8 Å². The SMILES string of the molecule is COc1cc(NC2CC(C)CC(C)C2)c(N)cc1F. The number of ether oxygens (including phenoxy) is 1. The molecule has 1 aromatic rings. The Kier molecular flexibility index (Phi) is 4.17. The molecule has 3 nitrogen and oxygen atoms in total. The van der Waals surface area contributed by atoms with Crippen molar-refractivity contribution in [3.63, 3.8) is 0 Å². The molecule has 2 atom stereocenters. The first-order valence-electron chi connectivity index (χ1n) is 6.89. The third kappa shape index (κ3) is 3.31. The molecule has 4 heteroatoms. The summed E-state index contributed by atoms with van der Waals surface area (Å²) in [4.78, 5) is 0. The lowest BCUT2D eigenvalue weighted by Gasteiger charge is -2.33. The van der Waals surface area contributed by atoms with E-state index in [0.29, 0.717) is 23.6 Å². The summed E-state index contributed by atoms with van der Waals surface area (Å²) >= 11 is 0. The number of nitrogens with two attached hydrogens (primary N) is 1. The molecule has 3 N–H and O–H groups in total. The molecule has 1 fully saturated rings. The van der Waals surface area contributed by atoms with Crippen LogP contribution in [0, 0.1) is 17.7 Å². The molecule has 106 valence electrons. The van der Waals surface area contributed by atoms with Gasteiger partial charge in [-0.1, -0.05) is 13.8 Å². The van der Waals surface area contributed by atoms with E-state index in [2.05, 4.69) is 19.2 Å². The number of nitrogen functional groups attached to an aromatic ring is 1. The van der Waals surface area contributed by atoms with Gasteiger partial charge in [0.25, 0.3) is 0 Å². The second-order valence-electron chi connectivity index (χ2n) is 5.83. The van der Waals surface area contributed by atoms with Crippen molar-refractivity contribution < 1.29 is 9.13 Å². The maximum absolute atomic E-state index is 13.5. The molecule has 0 amide bonds. The van der Waals surface area contributed by atoms with Gasteiger partial charge in [0.1, 0.15) is 0 Å². The highest BCUT2D eigenvalue weighted by Gasteiger charge is 2.24. The second kappa shape index (κ2) is 5.68. The third-order valence-corrected chi connectivity index (χ3v) is 3.86. The average Bonchev–Trinajstić information content (AvgIpc) is 2.31. The molecule has 0 bridgehead atoms. The van der Waals surface area contributed by atoms with Crippen LogP contribution < -0.4 is 15.8 Å². The van der Waals surface area contributed by atoms with Crippen LogP contribution >= 0.6 is 0 Å². The molecule has 19 heavy (non-hydrogen) atoms. The highest BCUT2D eigenvalue weighted by molar-refractivity contribution is 5.69. The molecule has 1 aromatic carbocycles. The van der Waals surface area contributed by atoms with Crippen LogP contribution in [0.5, 0.6) is 5.75 Å². The van der Waals surface area contributed by atoms with Crippen molar-refractivity contribution in [3.8, 4) is 5.75 Å². The van der Waals surface area contributed by atoms with E-state index >= 15 is 0 Å². The normalized spacial score (nSPS) is 27.1. The van der Waals surface area contributed by atoms with E-state index < -0.39 is 5.82 Å². The maximum atomic E-state index is 13.5. The molecule has 0 radical (unpaired) electrons. The Balaban J connectivity index is 2.14. The zero-order valence-corrected chi connectivity index (χ0v) is 11.9. The van der Waals surface area contributed by atoms with Gasteiger partial charge in [0, 0.05) is 18.2 Å². The quantitative estimate of drug-likeness (QED) is 0.821. The van der Waals surface area contributed by atoms with Gasteiger partial charge in [0.05, 0.1) is 18.5 Å². The number of hydrogen-bond donors (Lipinski definition) is 2. The Morgan fingerprint density at radius 3 is 2.42 bits per heavy atom. The summed E-state index contributed by atoms with van der Waals surface area (Å²) in [5.74, 6) is 1.24. The summed E-state index contributed by atoms with van der Waals surface area (Å²) in [6.45, 7) is 4.55. The number of hydrogen-bond acceptors (Lipinski definition) is 3. The van der Waals surface area contributed by atoms with Crippen molar-refractivity contribution in [2.24, 2.45) is 11.8 Å². The second-order valence-corrected chi connectivity index (χ2v) is 5.83. The molecule has 1 aliphatic carbocycles. The van der Waals surface area contributed by atoms with Gasteiger partial charge in [0.2, 0.25) is 0 Å².